The lowest BCUT2D eigenvalue weighted by atomic mass is 10.0. The summed E-state index contributed by atoms with van der Waals surface area (Å²) in [6.07, 6.45) is -1.37. The number of rotatable bonds is 19. The minimum absolute atomic E-state index is 0.176. The molecular formula is C50H46O8. The van der Waals surface area contributed by atoms with Crippen molar-refractivity contribution in [3.63, 3.8) is 0 Å². The molecule has 0 saturated carbocycles. The number of carbonyl (C=O) groups is 2. The average Bonchev–Trinajstić information content (AvgIpc) is 3.25. The molecule has 8 heteroatoms. The summed E-state index contributed by atoms with van der Waals surface area (Å²) >= 11 is 0. The molecule has 0 aliphatic heterocycles. The molecule has 0 radical (unpaired) electrons. The summed E-state index contributed by atoms with van der Waals surface area (Å²) in [6.45, 7) is 11.0. The van der Waals surface area contributed by atoms with Crippen molar-refractivity contribution in [3.05, 3.63) is 182 Å². The monoisotopic (exact) mass is 774 g/mol. The first-order valence-corrected chi connectivity index (χ1v) is 19.0. The maximum Gasteiger partial charge on any atom is 0.336 e. The highest BCUT2D eigenvalue weighted by Gasteiger charge is 2.20. The van der Waals surface area contributed by atoms with Crippen LogP contribution in [0, 0.1) is 0 Å². The number of benzene rings is 6. The van der Waals surface area contributed by atoms with E-state index in [4.69, 9.17) is 28.4 Å². The fraction of sp³-hybridized carbons (Fsp3) is 0.160. The first kappa shape index (κ1) is 40.6. The van der Waals surface area contributed by atoms with E-state index in [0.29, 0.717) is 23.0 Å². The van der Waals surface area contributed by atoms with Crippen LogP contribution < -0.4 is 18.9 Å². The zero-order valence-electron chi connectivity index (χ0n) is 32.7. The summed E-state index contributed by atoms with van der Waals surface area (Å²) in [6, 6.07) is 50.5. The molecule has 58 heavy (non-hydrogen) atoms. The lowest BCUT2D eigenvalue weighted by Crippen LogP contribution is -2.27. The van der Waals surface area contributed by atoms with E-state index in [1.54, 1.807) is 13.8 Å². The van der Waals surface area contributed by atoms with Crippen molar-refractivity contribution >= 4 is 11.9 Å². The standard InChI is InChI=1S/C50H46O8/c1-35(2)49(51)57-47(55-41-27-23-39(24-28-41)37-15-7-5-8-16-37)31-33-53-45-21-13-11-19-43(45)44-20-12-14-22-46(44)54-34-32-48(58-50(52)36(3)4)56-42-29-25-40(26-30-42)38-17-9-6-10-18-38/h5-30,47-48H,1,3,31-34H2,2,4H3. The molecule has 0 amide bonds. The molecule has 0 saturated heterocycles. The van der Waals surface area contributed by atoms with Gasteiger partial charge in [-0.3, -0.25) is 0 Å². The number of carbonyl (C=O) groups excluding carboxylic acids is 2. The van der Waals surface area contributed by atoms with Gasteiger partial charge in [-0.05, 0) is 72.5 Å². The molecule has 0 heterocycles. The second-order valence-electron chi connectivity index (χ2n) is 13.5. The molecule has 0 aliphatic rings. The van der Waals surface area contributed by atoms with Gasteiger partial charge in [-0.25, -0.2) is 9.59 Å². The minimum atomic E-state index is -0.925. The van der Waals surface area contributed by atoms with Gasteiger partial charge in [0.15, 0.2) is 0 Å². The van der Waals surface area contributed by atoms with Gasteiger partial charge in [-0.2, -0.15) is 0 Å². The van der Waals surface area contributed by atoms with Crippen molar-refractivity contribution in [3.8, 4) is 56.4 Å². The van der Waals surface area contributed by atoms with Crippen LogP contribution >= 0.6 is 0 Å². The van der Waals surface area contributed by atoms with Crippen LogP contribution in [0.25, 0.3) is 33.4 Å². The molecule has 6 aromatic rings. The molecule has 2 atom stereocenters. The first-order valence-electron chi connectivity index (χ1n) is 19.0. The van der Waals surface area contributed by atoms with Crippen molar-refractivity contribution in [1.82, 2.24) is 0 Å². The molecule has 2 unspecified atom stereocenters. The average molecular weight is 775 g/mol. The molecular weight excluding hydrogens is 729 g/mol. The molecule has 0 fully saturated rings. The van der Waals surface area contributed by atoms with E-state index in [-0.39, 0.29) is 37.2 Å². The molecule has 6 rings (SSSR count). The van der Waals surface area contributed by atoms with Gasteiger partial charge in [0.25, 0.3) is 0 Å². The summed E-state index contributed by atoms with van der Waals surface area (Å²) < 4.78 is 36.2. The zero-order valence-corrected chi connectivity index (χ0v) is 32.7. The van der Waals surface area contributed by atoms with Gasteiger partial charge in [0.05, 0.1) is 26.1 Å². The fourth-order valence-corrected chi connectivity index (χ4v) is 5.90. The van der Waals surface area contributed by atoms with Crippen LogP contribution in [-0.2, 0) is 19.1 Å². The van der Waals surface area contributed by atoms with Crippen molar-refractivity contribution in [2.75, 3.05) is 13.2 Å². The SMILES string of the molecule is C=C(C)C(=O)OC(CCOc1ccccc1-c1ccccc1OCCC(OC(=O)C(=C)C)Oc1ccc(-c2ccccc2)cc1)Oc1ccc(-c2ccccc2)cc1. The molecule has 0 aromatic heterocycles. The van der Waals surface area contributed by atoms with E-state index in [9.17, 15) is 9.59 Å². The third kappa shape index (κ3) is 11.5. The smallest absolute Gasteiger partial charge is 0.336 e. The van der Waals surface area contributed by atoms with Crippen molar-refractivity contribution in [2.24, 2.45) is 0 Å². The van der Waals surface area contributed by atoms with Gasteiger partial charge >= 0.3 is 11.9 Å². The molecule has 294 valence electrons. The van der Waals surface area contributed by atoms with Crippen LogP contribution in [0.15, 0.2) is 182 Å². The summed E-state index contributed by atoms with van der Waals surface area (Å²) in [5.74, 6) is 1.20. The Bertz CT molecular complexity index is 2120. The maximum absolute atomic E-state index is 12.6. The maximum atomic E-state index is 12.6. The predicted octanol–water partition coefficient (Wildman–Crippen LogP) is 11.3. The Morgan fingerprint density at radius 1 is 0.448 bits per heavy atom. The summed E-state index contributed by atoms with van der Waals surface area (Å²) in [5.41, 5.74) is 6.37. The first-order chi connectivity index (χ1) is 28.2. The van der Waals surface area contributed by atoms with Gasteiger partial charge in [0.2, 0.25) is 12.6 Å². The molecule has 0 spiro atoms. The predicted molar refractivity (Wildman–Crippen MR) is 227 cm³/mol. The van der Waals surface area contributed by atoms with Gasteiger partial charge in [-0.1, -0.05) is 134 Å². The van der Waals surface area contributed by atoms with Crippen LogP contribution in [0.3, 0.4) is 0 Å². The van der Waals surface area contributed by atoms with E-state index in [1.807, 2.05) is 158 Å². The third-order valence-corrected chi connectivity index (χ3v) is 8.92. The highest BCUT2D eigenvalue weighted by Crippen LogP contribution is 2.37. The van der Waals surface area contributed by atoms with E-state index < -0.39 is 24.5 Å². The number of ether oxygens (including phenoxy) is 6. The highest BCUT2D eigenvalue weighted by atomic mass is 16.7. The van der Waals surface area contributed by atoms with Crippen LogP contribution in [0.4, 0.5) is 0 Å². The topological polar surface area (TPSA) is 89.5 Å². The van der Waals surface area contributed by atoms with E-state index >= 15 is 0 Å². The number of esters is 2. The quantitative estimate of drug-likeness (QED) is 0.0456. The number of para-hydroxylation sites is 2. The van der Waals surface area contributed by atoms with Gasteiger partial charge in [0, 0.05) is 22.3 Å². The summed E-state index contributed by atoms with van der Waals surface area (Å²) in [4.78, 5) is 25.1. The summed E-state index contributed by atoms with van der Waals surface area (Å²) in [7, 11) is 0. The molecule has 0 N–H and O–H groups in total. The largest absolute Gasteiger partial charge is 0.493 e. The Morgan fingerprint density at radius 2 is 0.776 bits per heavy atom. The highest BCUT2D eigenvalue weighted by molar-refractivity contribution is 5.87. The Balaban J connectivity index is 1.10. The molecule has 0 bridgehead atoms. The van der Waals surface area contributed by atoms with Gasteiger partial charge in [-0.15, -0.1) is 0 Å². The van der Waals surface area contributed by atoms with Gasteiger partial charge in [0.1, 0.15) is 23.0 Å². The van der Waals surface area contributed by atoms with Crippen LogP contribution in [0.2, 0.25) is 0 Å². The lowest BCUT2D eigenvalue weighted by molar-refractivity contribution is -0.161. The van der Waals surface area contributed by atoms with E-state index in [0.717, 1.165) is 33.4 Å². The van der Waals surface area contributed by atoms with Gasteiger partial charge < -0.3 is 28.4 Å². The second-order valence-corrected chi connectivity index (χ2v) is 13.5. The number of hydrogen-bond donors (Lipinski definition) is 0. The minimum Gasteiger partial charge on any atom is -0.493 e. The van der Waals surface area contributed by atoms with E-state index in [1.165, 1.54) is 0 Å². The van der Waals surface area contributed by atoms with E-state index in [2.05, 4.69) is 13.2 Å². The Hall–Kier alpha value is -7.06. The third-order valence-electron chi connectivity index (χ3n) is 8.92. The Labute approximate surface area is 339 Å². The molecule has 0 aliphatic carbocycles. The molecule has 8 nitrogen and oxygen atoms in total. The normalized spacial score (nSPS) is 11.7. The Morgan fingerprint density at radius 3 is 1.14 bits per heavy atom. The zero-order chi connectivity index (χ0) is 40.7. The Kier molecular flexibility index (Phi) is 14.1. The van der Waals surface area contributed by atoms with Crippen LogP contribution in [-0.4, -0.2) is 37.7 Å². The molecule has 6 aromatic carbocycles. The fourth-order valence-electron chi connectivity index (χ4n) is 5.90. The van der Waals surface area contributed by atoms with Crippen LogP contribution in [0.5, 0.6) is 23.0 Å². The van der Waals surface area contributed by atoms with Crippen LogP contribution in [0.1, 0.15) is 26.7 Å². The van der Waals surface area contributed by atoms with Crippen molar-refractivity contribution in [1.29, 1.82) is 0 Å². The van der Waals surface area contributed by atoms with Crippen molar-refractivity contribution in [2.45, 2.75) is 39.3 Å². The number of hydrogen-bond acceptors (Lipinski definition) is 8. The second kappa shape index (κ2) is 20.2. The summed E-state index contributed by atoms with van der Waals surface area (Å²) in [5, 5.41) is 0. The van der Waals surface area contributed by atoms with Crippen molar-refractivity contribution < 1.29 is 38.0 Å². The lowest BCUT2D eigenvalue weighted by Gasteiger charge is -2.21.